The number of rotatable bonds is 6. The number of nitrogens with zero attached hydrogens (tertiary/aromatic N) is 3. The van der Waals surface area contributed by atoms with Crippen molar-refractivity contribution in [2.24, 2.45) is 0 Å². The van der Waals surface area contributed by atoms with Gasteiger partial charge in [0.05, 0.1) is 9.92 Å². The standard InChI is InChI=1S/C25H22ClN3O5S/c26-22-2-1-3-23(21(22)15-27)34-19-5-7-20(8-6-19)35(30,31)29-12-10-28(11-13-29)16-18-4-9-24-25(14-18)33-17-32-24/h1-9,14H,10-13,16-17H2. The highest BCUT2D eigenvalue weighted by molar-refractivity contribution is 7.89. The Morgan fingerprint density at radius 2 is 1.71 bits per heavy atom. The lowest BCUT2D eigenvalue weighted by atomic mass is 10.2. The van der Waals surface area contributed by atoms with Crippen molar-refractivity contribution in [3.05, 3.63) is 76.8 Å². The van der Waals surface area contributed by atoms with Crippen molar-refractivity contribution in [2.45, 2.75) is 11.4 Å². The van der Waals surface area contributed by atoms with Gasteiger partial charge >= 0.3 is 0 Å². The van der Waals surface area contributed by atoms with Crippen molar-refractivity contribution in [2.75, 3.05) is 33.0 Å². The van der Waals surface area contributed by atoms with E-state index in [0.29, 0.717) is 49.2 Å². The molecule has 0 aromatic heterocycles. The summed E-state index contributed by atoms with van der Waals surface area (Å²) in [5.41, 5.74) is 1.32. The van der Waals surface area contributed by atoms with Crippen LogP contribution >= 0.6 is 11.6 Å². The lowest BCUT2D eigenvalue weighted by Gasteiger charge is -2.34. The maximum absolute atomic E-state index is 13.2. The molecule has 0 spiro atoms. The number of nitriles is 1. The molecule has 180 valence electrons. The first-order valence-corrected chi connectivity index (χ1v) is 12.8. The normalized spacial score (nSPS) is 16.1. The summed E-state index contributed by atoms with van der Waals surface area (Å²) in [7, 11) is -3.63. The van der Waals surface area contributed by atoms with Gasteiger partial charge in [0, 0.05) is 32.7 Å². The van der Waals surface area contributed by atoms with Crippen LogP contribution in [0.25, 0.3) is 0 Å². The van der Waals surface area contributed by atoms with Gasteiger partial charge in [0.15, 0.2) is 11.5 Å². The van der Waals surface area contributed by atoms with Gasteiger partial charge in [0.25, 0.3) is 0 Å². The summed E-state index contributed by atoms with van der Waals surface area (Å²) in [6.07, 6.45) is 0. The zero-order valence-corrected chi connectivity index (χ0v) is 20.3. The second kappa shape index (κ2) is 9.76. The smallest absolute Gasteiger partial charge is 0.243 e. The zero-order valence-electron chi connectivity index (χ0n) is 18.7. The average Bonchev–Trinajstić information content (AvgIpc) is 3.33. The van der Waals surface area contributed by atoms with Gasteiger partial charge in [-0.3, -0.25) is 4.90 Å². The molecule has 35 heavy (non-hydrogen) atoms. The first kappa shape index (κ1) is 23.5. The number of hydrogen-bond donors (Lipinski definition) is 0. The lowest BCUT2D eigenvalue weighted by molar-refractivity contribution is 0.173. The summed E-state index contributed by atoms with van der Waals surface area (Å²) < 4.78 is 44.4. The van der Waals surface area contributed by atoms with Crippen molar-refractivity contribution in [3.63, 3.8) is 0 Å². The van der Waals surface area contributed by atoms with Crippen molar-refractivity contribution < 1.29 is 22.6 Å². The number of ether oxygens (including phenoxy) is 3. The largest absolute Gasteiger partial charge is 0.456 e. The van der Waals surface area contributed by atoms with Gasteiger partial charge in [-0.2, -0.15) is 9.57 Å². The Labute approximate surface area is 208 Å². The summed E-state index contributed by atoms with van der Waals surface area (Å²) in [5.74, 6) is 2.22. The zero-order chi connectivity index (χ0) is 24.4. The number of fused-ring (bicyclic) bond motifs is 1. The summed E-state index contributed by atoms with van der Waals surface area (Å²) >= 11 is 6.04. The van der Waals surface area contributed by atoms with Crippen LogP contribution in [0.1, 0.15) is 11.1 Å². The van der Waals surface area contributed by atoms with Gasteiger partial charge in [-0.15, -0.1) is 0 Å². The third-order valence-corrected chi connectivity index (χ3v) is 8.18. The molecule has 0 unspecified atom stereocenters. The van der Waals surface area contributed by atoms with Crippen LogP contribution in [0.2, 0.25) is 5.02 Å². The Balaban J connectivity index is 1.21. The topological polar surface area (TPSA) is 92.1 Å². The van der Waals surface area contributed by atoms with Gasteiger partial charge < -0.3 is 14.2 Å². The molecule has 5 rings (SSSR count). The Morgan fingerprint density at radius 1 is 0.971 bits per heavy atom. The van der Waals surface area contributed by atoms with E-state index in [1.54, 1.807) is 30.3 Å². The van der Waals surface area contributed by atoms with Crippen LogP contribution < -0.4 is 14.2 Å². The predicted molar refractivity (Wildman–Crippen MR) is 129 cm³/mol. The number of benzene rings is 3. The van der Waals surface area contributed by atoms with Crippen molar-refractivity contribution in [1.29, 1.82) is 5.26 Å². The van der Waals surface area contributed by atoms with E-state index >= 15 is 0 Å². The molecule has 8 nitrogen and oxygen atoms in total. The van der Waals surface area contributed by atoms with Crippen LogP contribution in [0.15, 0.2) is 65.6 Å². The Bertz CT molecular complexity index is 1380. The number of sulfonamides is 1. The van der Waals surface area contributed by atoms with Gasteiger partial charge in [-0.25, -0.2) is 8.42 Å². The Morgan fingerprint density at radius 3 is 2.46 bits per heavy atom. The summed E-state index contributed by atoms with van der Waals surface area (Å²) in [5, 5.41) is 9.59. The third-order valence-electron chi connectivity index (χ3n) is 5.95. The number of hydrogen-bond acceptors (Lipinski definition) is 7. The molecular formula is C25H22ClN3O5S. The van der Waals surface area contributed by atoms with Crippen molar-refractivity contribution in [3.8, 4) is 29.1 Å². The lowest BCUT2D eigenvalue weighted by Crippen LogP contribution is -2.48. The van der Waals surface area contributed by atoms with Crippen molar-refractivity contribution >= 4 is 21.6 Å². The van der Waals surface area contributed by atoms with E-state index < -0.39 is 10.0 Å². The van der Waals surface area contributed by atoms with Crippen LogP contribution in [0.3, 0.4) is 0 Å². The van der Waals surface area contributed by atoms with E-state index in [9.17, 15) is 13.7 Å². The van der Waals surface area contributed by atoms with Gasteiger partial charge in [0.2, 0.25) is 16.8 Å². The fraction of sp³-hybridized carbons (Fsp3) is 0.240. The van der Waals surface area contributed by atoms with Crippen LogP contribution in [0.5, 0.6) is 23.0 Å². The van der Waals surface area contributed by atoms with E-state index in [-0.39, 0.29) is 17.3 Å². The van der Waals surface area contributed by atoms with Gasteiger partial charge in [-0.05, 0) is 54.1 Å². The van der Waals surface area contributed by atoms with Gasteiger partial charge in [0.1, 0.15) is 23.1 Å². The highest BCUT2D eigenvalue weighted by Gasteiger charge is 2.28. The molecule has 1 fully saturated rings. The molecule has 2 aliphatic rings. The molecule has 0 atom stereocenters. The van der Waals surface area contributed by atoms with E-state index in [1.165, 1.54) is 16.4 Å². The molecule has 2 aliphatic heterocycles. The molecule has 3 aromatic rings. The molecule has 0 aliphatic carbocycles. The maximum Gasteiger partial charge on any atom is 0.243 e. The Kier molecular flexibility index (Phi) is 6.54. The molecule has 0 bridgehead atoms. The molecule has 0 N–H and O–H groups in total. The molecular weight excluding hydrogens is 490 g/mol. The first-order chi connectivity index (χ1) is 16.9. The summed E-state index contributed by atoms with van der Waals surface area (Å²) in [4.78, 5) is 2.42. The highest BCUT2D eigenvalue weighted by atomic mass is 35.5. The predicted octanol–water partition coefficient (Wildman–Crippen LogP) is 4.24. The summed E-state index contributed by atoms with van der Waals surface area (Å²) in [6.45, 7) is 3.01. The quantitative estimate of drug-likeness (QED) is 0.488. The van der Waals surface area contributed by atoms with Gasteiger partial charge in [-0.1, -0.05) is 23.7 Å². The van der Waals surface area contributed by atoms with E-state index in [2.05, 4.69) is 4.90 Å². The molecule has 1 saturated heterocycles. The minimum absolute atomic E-state index is 0.195. The average molecular weight is 512 g/mol. The fourth-order valence-corrected chi connectivity index (χ4v) is 5.71. The molecule has 10 heteroatoms. The molecule has 2 heterocycles. The monoisotopic (exact) mass is 511 g/mol. The number of halogens is 1. The van der Waals surface area contributed by atoms with Crippen LogP contribution in [0, 0.1) is 11.3 Å². The van der Waals surface area contributed by atoms with Crippen molar-refractivity contribution in [1.82, 2.24) is 9.21 Å². The highest BCUT2D eigenvalue weighted by Crippen LogP contribution is 2.33. The molecule has 0 radical (unpaired) electrons. The van der Waals surface area contributed by atoms with Crippen LogP contribution in [-0.2, 0) is 16.6 Å². The Hall–Kier alpha value is -3.29. The van der Waals surface area contributed by atoms with E-state index in [0.717, 1.165) is 17.1 Å². The van der Waals surface area contributed by atoms with Crippen LogP contribution in [0.4, 0.5) is 0 Å². The van der Waals surface area contributed by atoms with Crippen LogP contribution in [-0.4, -0.2) is 50.6 Å². The first-order valence-electron chi connectivity index (χ1n) is 11.0. The minimum Gasteiger partial charge on any atom is -0.456 e. The molecule has 0 amide bonds. The molecule has 0 saturated carbocycles. The second-order valence-electron chi connectivity index (χ2n) is 8.17. The maximum atomic E-state index is 13.2. The summed E-state index contributed by atoms with van der Waals surface area (Å²) in [6, 6.07) is 19.0. The molecule has 3 aromatic carbocycles. The second-order valence-corrected chi connectivity index (χ2v) is 10.5. The van der Waals surface area contributed by atoms with E-state index in [1.807, 2.05) is 24.3 Å². The number of piperazine rings is 1. The fourth-order valence-electron chi connectivity index (χ4n) is 4.08. The van der Waals surface area contributed by atoms with E-state index in [4.69, 9.17) is 25.8 Å². The third kappa shape index (κ3) is 4.92. The SMILES string of the molecule is N#Cc1c(Cl)cccc1Oc1ccc(S(=O)(=O)N2CCN(Cc3ccc4c(c3)OCO4)CC2)cc1. The minimum atomic E-state index is -3.63.